The van der Waals surface area contributed by atoms with Crippen LogP contribution in [0.4, 0.5) is 5.69 Å². The van der Waals surface area contributed by atoms with E-state index in [1.165, 1.54) is 17.4 Å². The van der Waals surface area contributed by atoms with Crippen LogP contribution in [0, 0.1) is 5.92 Å². The Morgan fingerprint density at radius 2 is 2.00 bits per heavy atom. The summed E-state index contributed by atoms with van der Waals surface area (Å²) < 4.78 is 28.4. The van der Waals surface area contributed by atoms with Gasteiger partial charge in [0.2, 0.25) is 0 Å². The van der Waals surface area contributed by atoms with E-state index in [-0.39, 0.29) is 10.3 Å². The van der Waals surface area contributed by atoms with Crippen molar-refractivity contribution in [2.24, 2.45) is 5.92 Å². The van der Waals surface area contributed by atoms with Gasteiger partial charge in [-0.05, 0) is 61.6 Å². The largest absolute Gasteiger partial charge is 0.289 e. The molecule has 4 nitrogen and oxygen atoms in total. The number of hydrogen-bond donors (Lipinski definition) is 1. The van der Waals surface area contributed by atoms with Crippen molar-refractivity contribution in [2.75, 3.05) is 11.4 Å². The van der Waals surface area contributed by atoms with Crippen LogP contribution in [-0.4, -0.2) is 15.5 Å². The molecule has 0 saturated carbocycles. The molecule has 158 valence electrons. The minimum absolute atomic E-state index is 0.0466. The van der Waals surface area contributed by atoms with Gasteiger partial charge in [-0.2, -0.15) is 0 Å². The van der Waals surface area contributed by atoms with Crippen LogP contribution in [0.5, 0.6) is 0 Å². The van der Waals surface area contributed by atoms with Gasteiger partial charge in [0.15, 0.2) is 5.43 Å². The highest BCUT2D eigenvalue weighted by molar-refractivity contribution is 7.93. The van der Waals surface area contributed by atoms with Crippen LogP contribution >= 0.6 is 35.6 Å². The van der Waals surface area contributed by atoms with Crippen molar-refractivity contribution in [2.45, 2.75) is 42.4 Å². The second-order valence-electron chi connectivity index (χ2n) is 7.62. The van der Waals surface area contributed by atoms with Crippen LogP contribution in [0.25, 0.3) is 10.1 Å². The zero-order chi connectivity index (χ0) is 21.6. The Balaban J connectivity index is 1.80. The molecular formula is C22H22ClNO3S3. The number of hydrogen-bond acceptors (Lipinski definition) is 5. The summed E-state index contributed by atoms with van der Waals surface area (Å²) in [6.45, 7) is 2.18. The predicted molar refractivity (Wildman–Crippen MR) is 128 cm³/mol. The number of thiol groups is 1. The first-order valence-corrected chi connectivity index (χ1v) is 12.9. The first kappa shape index (κ1) is 21.7. The van der Waals surface area contributed by atoms with Crippen LogP contribution in [0.1, 0.15) is 30.2 Å². The van der Waals surface area contributed by atoms with Gasteiger partial charge in [0.05, 0.1) is 5.69 Å². The molecule has 0 spiro atoms. The normalized spacial score (nSPS) is 16.5. The zero-order valence-corrected chi connectivity index (χ0v) is 20.0. The van der Waals surface area contributed by atoms with E-state index in [4.69, 9.17) is 11.6 Å². The average molecular weight is 480 g/mol. The molecule has 1 unspecified atom stereocenters. The molecule has 3 aromatic rings. The summed E-state index contributed by atoms with van der Waals surface area (Å²) in [6.07, 6.45) is 3.91. The molecule has 1 aromatic heterocycles. The third-order valence-corrected chi connectivity index (χ3v) is 9.65. The molecule has 1 atom stereocenters. The fraction of sp³-hybridized carbons (Fsp3) is 0.318. The lowest BCUT2D eigenvalue weighted by Gasteiger charge is -2.23. The maximum Gasteiger partial charge on any atom is 0.265 e. The van der Waals surface area contributed by atoms with Crippen LogP contribution in [-0.2, 0) is 22.9 Å². The second kappa shape index (κ2) is 8.19. The second-order valence-corrected chi connectivity index (χ2v) is 11.6. The molecule has 4 rings (SSSR count). The number of benzene rings is 2. The molecule has 0 saturated heterocycles. The summed E-state index contributed by atoms with van der Waals surface area (Å²) in [5, 5.41) is 0.981. The third-order valence-electron chi connectivity index (χ3n) is 5.83. The molecule has 2 aromatic carbocycles. The summed E-state index contributed by atoms with van der Waals surface area (Å²) in [5.41, 5.74) is 1.51. The standard InChI is InChI=1S/C22H22ClNO3S3/c1-3-13-4-7-16-19(10-13)29-20-12-15(6-8-17(20)22(16)25)24(2)30(26,27)21-11-14(23)5-9-18(21)28/h5-6,8-9,11-13,28H,3-4,7,10H2,1-2H3. The van der Waals surface area contributed by atoms with Gasteiger partial charge in [-0.15, -0.1) is 24.0 Å². The maximum atomic E-state index is 13.2. The molecule has 0 aliphatic heterocycles. The highest BCUT2D eigenvalue weighted by Gasteiger charge is 2.26. The van der Waals surface area contributed by atoms with E-state index >= 15 is 0 Å². The molecule has 8 heteroatoms. The smallest absolute Gasteiger partial charge is 0.265 e. The van der Waals surface area contributed by atoms with Gasteiger partial charge in [0.25, 0.3) is 10.0 Å². The van der Waals surface area contributed by atoms with Crippen LogP contribution in [0.3, 0.4) is 0 Å². The quantitative estimate of drug-likeness (QED) is 0.499. The molecule has 30 heavy (non-hydrogen) atoms. The van der Waals surface area contributed by atoms with Crippen molar-refractivity contribution < 1.29 is 8.42 Å². The summed E-state index contributed by atoms with van der Waals surface area (Å²) in [4.78, 5) is 14.5. The zero-order valence-electron chi connectivity index (χ0n) is 16.7. The highest BCUT2D eigenvalue weighted by atomic mass is 35.5. The average Bonchev–Trinajstić information content (AvgIpc) is 2.74. The van der Waals surface area contributed by atoms with E-state index in [9.17, 15) is 13.2 Å². The molecule has 1 heterocycles. The molecular weight excluding hydrogens is 458 g/mol. The molecule has 0 bridgehead atoms. The van der Waals surface area contributed by atoms with Gasteiger partial charge in [0, 0.05) is 37.5 Å². The topological polar surface area (TPSA) is 54.5 Å². The van der Waals surface area contributed by atoms with Crippen LogP contribution in [0.2, 0.25) is 5.02 Å². The third kappa shape index (κ3) is 3.77. The van der Waals surface area contributed by atoms with Gasteiger partial charge in [-0.25, -0.2) is 8.42 Å². The number of anilines is 1. The SMILES string of the molecule is CCC1CCc2c(sc3cc(N(C)S(=O)(=O)c4cc(Cl)ccc4S)ccc3c2=O)C1. The number of sulfonamides is 1. The Morgan fingerprint density at radius 1 is 1.23 bits per heavy atom. The lowest BCUT2D eigenvalue weighted by molar-refractivity contribution is 0.448. The minimum atomic E-state index is -3.86. The number of rotatable bonds is 4. The summed E-state index contributed by atoms with van der Waals surface area (Å²) in [5.74, 6) is 0.605. The first-order valence-electron chi connectivity index (χ1n) is 9.78. The Morgan fingerprint density at radius 3 is 2.73 bits per heavy atom. The van der Waals surface area contributed by atoms with Gasteiger partial charge < -0.3 is 0 Å². The van der Waals surface area contributed by atoms with E-state index in [1.54, 1.807) is 41.7 Å². The molecule has 0 N–H and O–H groups in total. The first-order chi connectivity index (χ1) is 14.2. The molecule has 1 aliphatic carbocycles. The number of fused-ring (bicyclic) bond motifs is 2. The number of nitrogens with zero attached hydrogens (tertiary/aromatic N) is 1. The van der Waals surface area contributed by atoms with E-state index in [2.05, 4.69) is 19.6 Å². The van der Waals surface area contributed by atoms with Crippen molar-refractivity contribution in [1.82, 2.24) is 0 Å². The monoisotopic (exact) mass is 479 g/mol. The van der Waals surface area contributed by atoms with E-state index in [0.29, 0.717) is 26.9 Å². The lowest BCUT2D eigenvalue weighted by atomic mass is 9.87. The fourth-order valence-electron chi connectivity index (χ4n) is 3.92. The van der Waals surface area contributed by atoms with Crippen molar-refractivity contribution in [1.29, 1.82) is 0 Å². The summed E-state index contributed by atoms with van der Waals surface area (Å²) in [7, 11) is -2.36. The molecule has 0 radical (unpaired) electrons. The predicted octanol–water partition coefficient (Wildman–Crippen LogP) is 5.54. The van der Waals surface area contributed by atoms with Crippen molar-refractivity contribution in [3.63, 3.8) is 0 Å². The lowest BCUT2D eigenvalue weighted by Crippen LogP contribution is -2.27. The van der Waals surface area contributed by atoms with Crippen molar-refractivity contribution in [3.05, 3.63) is 62.1 Å². The van der Waals surface area contributed by atoms with E-state index < -0.39 is 10.0 Å². The van der Waals surface area contributed by atoms with Gasteiger partial charge in [-0.3, -0.25) is 9.10 Å². The van der Waals surface area contributed by atoms with Gasteiger partial charge in [0.1, 0.15) is 4.90 Å². The minimum Gasteiger partial charge on any atom is -0.289 e. The van der Waals surface area contributed by atoms with Gasteiger partial charge >= 0.3 is 0 Å². The van der Waals surface area contributed by atoms with Crippen molar-refractivity contribution >= 4 is 61.4 Å². The molecule has 1 aliphatic rings. The Hall–Kier alpha value is -1.54. The molecule has 0 amide bonds. The Labute approximate surface area is 191 Å². The maximum absolute atomic E-state index is 13.2. The summed E-state index contributed by atoms with van der Waals surface area (Å²) >= 11 is 11.9. The van der Waals surface area contributed by atoms with E-state index in [0.717, 1.165) is 40.8 Å². The van der Waals surface area contributed by atoms with Crippen LogP contribution < -0.4 is 9.73 Å². The van der Waals surface area contributed by atoms with Crippen LogP contribution in [0.15, 0.2) is 51.0 Å². The number of halogens is 1. The summed E-state index contributed by atoms with van der Waals surface area (Å²) in [6, 6.07) is 9.77. The fourth-order valence-corrected chi connectivity index (χ4v) is 7.29. The van der Waals surface area contributed by atoms with Crippen molar-refractivity contribution in [3.8, 4) is 0 Å². The Bertz CT molecular complexity index is 1300. The van der Waals surface area contributed by atoms with E-state index in [1.807, 2.05) is 0 Å². The van der Waals surface area contributed by atoms with Gasteiger partial charge in [-0.1, -0.05) is 24.9 Å². The highest BCUT2D eigenvalue weighted by Crippen LogP contribution is 2.35. The Kier molecular flexibility index (Phi) is 5.92. The molecule has 0 fully saturated rings.